The summed E-state index contributed by atoms with van der Waals surface area (Å²) in [6.45, 7) is 1.26. The summed E-state index contributed by atoms with van der Waals surface area (Å²) in [7, 11) is 3.26. The van der Waals surface area contributed by atoms with Crippen molar-refractivity contribution < 1.29 is 33.4 Å². The van der Waals surface area contributed by atoms with Crippen LogP contribution in [0.2, 0.25) is 0 Å². The maximum Gasteiger partial charge on any atom is 0.251 e. The van der Waals surface area contributed by atoms with Crippen molar-refractivity contribution in [3.05, 3.63) is 71.9 Å². The van der Waals surface area contributed by atoms with Gasteiger partial charge in [0.15, 0.2) is 35.7 Å². The minimum atomic E-state index is -0.196. The number of nitrogens with zero attached hydrogens (tertiary/aromatic N) is 1. The molecule has 1 amide bonds. The van der Waals surface area contributed by atoms with Gasteiger partial charge < -0.3 is 29.4 Å². The molecule has 0 aliphatic carbocycles. The number of phenolic OH excluding ortho intramolecular Hbond substituents is 1. The molecule has 0 saturated heterocycles. The summed E-state index contributed by atoms with van der Waals surface area (Å²) in [6.07, 6.45) is 2.08. The van der Waals surface area contributed by atoms with Crippen LogP contribution in [0.3, 0.4) is 0 Å². The predicted octanol–water partition coefficient (Wildman–Crippen LogP) is 3.77. The van der Waals surface area contributed by atoms with Crippen LogP contribution in [-0.4, -0.2) is 38.6 Å². The number of rotatable bonds is 5. The number of fused-ring (bicyclic) bond motifs is 5. The number of aromatic hydroxyl groups is 1. The summed E-state index contributed by atoms with van der Waals surface area (Å²) in [5, 5.41) is 14.5. The molecule has 0 bridgehead atoms. The Morgan fingerprint density at radius 2 is 1.83 bits per heavy atom. The first-order chi connectivity index (χ1) is 17.6. The molecule has 4 aromatic rings. The van der Waals surface area contributed by atoms with Gasteiger partial charge >= 0.3 is 0 Å². The van der Waals surface area contributed by atoms with E-state index >= 15 is 0 Å². The monoisotopic (exact) mass is 485 g/mol. The van der Waals surface area contributed by atoms with Crippen molar-refractivity contribution in [2.24, 2.45) is 0 Å². The molecule has 36 heavy (non-hydrogen) atoms. The van der Waals surface area contributed by atoms with E-state index in [1.807, 2.05) is 24.3 Å². The fourth-order valence-electron chi connectivity index (χ4n) is 5.02. The molecule has 3 aromatic carbocycles. The van der Waals surface area contributed by atoms with E-state index < -0.39 is 0 Å². The van der Waals surface area contributed by atoms with Gasteiger partial charge in [0.05, 0.1) is 31.1 Å². The Kier molecular flexibility index (Phi) is 5.29. The van der Waals surface area contributed by atoms with Gasteiger partial charge in [-0.3, -0.25) is 4.79 Å². The molecule has 0 radical (unpaired) electrons. The fourth-order valence-corrected chi connectivity index (χ4v) is 5.02. The number of hydrogen-bond acceptors (Lipinski definition) is 6. The Balaban J connectivity index is 1.41. The van der Waals surface area contributed by atoms with E-state index in [0.29, 0.717) is 41.7 Å². The van der Waals surface area contributed by atoms with Crippen molar-refractivity contribution in [3.8, 4) is 40.0 Å². The average Bonchev–Trinajstić information content (AvgIpc) is 3.37. The lowest BCUT2D eigenvalue weighted by Gasteiger charge is -2.24. The SMILES string of the molecule is COc1ccc2cc3[n+](cc2c1OC)CC(CNC(=O)c1ccc(O)cc1)c1cc2c(cc1-3)OCO2. The molecule has 0 saturated carbocycles. The van der Waals surface area contributed by atoms with Crippen LogP contribution < -0.4 is 28.8 Å². The normalized spacial score (nSPS) is 15.2. The van der Waals surface area contributed by atoms with Crippen LogP contribution in [0.1, 0.15) is 21.8 Å². The van der Waals surface area contributed by atoms with Crippen molar-refractivity contribution in [3.63, 3.8) is 0 Å². The smallest absolute Gasteiger partial charge is 0.251 e. The van der Waals surface area contributed by atoms with Gasteiger partial charge in [0.1, 0.15) is 5.75 Å². The van der Waals surface area contributed by atoms with Crippen molar-refractivity contribution in [1.29, 1.82) is 0 Å². The van der Waals surface area contributed by atoms with Crippen LogP contribution in [-0.2, 0) is 6.54 Å². The summed E-state index contributed by atoms with van der Waals surface area (Å²) >= 11 is 0. The van der Waals surface area contributed by atoms with Crippen LogP contribution in [0, 0.1) is 0 Å². The lowest BCUT2D eigenvalue weighted by molar-refractivity contribution is -0.689. The molecule has 8 heteroatoms. The highest BCUT2D eigenvalue weighted by molar-refractivity contribution is 5.94. The van der Waals surface area contributed by atoms with E-state index in [9.17, 15) is 9.90 Å². The number of ether oxygens (including phenoxy) is 4. The Bertz CT molecular complexity index is 1500. The first-order valence-corrected chi connectivity index (χ1v) is 11.6. The van der Waals surface area contributed by atoms with Gasteiger partial charge in [0.2, 0.25) is 12.5 Å². The van der Waals surface area contributed by atoms with Crippen molar-refractivity contribution in [2.75, 3.05) is 27.6 Å². The molecule has 1 atom stereocenters. The number of nitrogens with one attached hydrogen (secondary N) is 1. The molecule has 0 fully saturated rings. The number of benzene rings is 3. The van der Waals surface area contributed by atoms with Gasteiger partial charge in [-0.2, -0.15) is 4.57 Å². The van der Waals surface area contributed by atoms with Crippen LogP contribution >= 0.6 is 0 Å². The first-order valence-electron chi connectivity index (χ1n) is 11.6. The third-order valence-electron chi connectivity index (χ3n) is 6.82. The number of carbonyl (C=O) groups is 1. The molecule has 2 aliphatic heterocycles. The molecule has 0 spiro atoms. The molecule has 2 N–H and O–H groups in total. The summed E-state index contributed by atoms with van der Waals surface area (Å²) in [4.78, 5) is 12.8. The molecular formula is C28H25N2O6+. The zero-order chi connectivity index (χ0) is 24.8. The van der Waals surface area contributed by atoms with Gasteiger partial charge in [-0.25, -0.2) is 0 Å². The number of amides is 1. The standard InChI is InChI=1S/C28H24N2O6/c1-33-24-8-5-17-9-23-21-11-26-25(35-15-36-26)10-20(21)18(13-30(23)14-22(17)27(24)34-2)12-29-28(32)16-3-6-19(31)7-4-16/h3-11,14,18H,12-13,15H2,1-2H3,(H-,29,31,32)/p+1. The van der Waals surface area contributed by atoms with E-state index in [-0.39, 0.29) is 24.4 Å². The third kappa shape index (κ3) is 3.62. The maximum atomic E-state index is 12.8. The van der Waals surface area contributed by atoms with Crippen LogP contribution in [0.4, 0.5) is 0 Å². The molecule has 2 aliphatic rings. The van der Waals surface area contributed by atoms with Crippen LogP contribution in [0.25, 0.3) is 22.0 Å². The van der Waals surface area contributed by atoms with Crippen molar-refractivity contribution in [2.45, 2.75) is 12.5 Å². The summed E-state index contributed by atoms with van der Waals surface area (Å²) < 4.78 is 24.7. The lowest BCUT2D eigenvalue weighted by atomic mass is 9.87. The predicted molar refractivity (Wildman–Crippen MR) is 132 cm³/mol. The zero-order valence-electron chi connectivity index (χ0n) is 19.9. The first kappa shape index (κ1) is 22.0. The van der Waals surface area contributed by atoms with Gasteiger partial charge in [-0.1, -0.05) is 0 Å². The van der Waals surface area contributed by atoms with Gasteiger partial charge in [-0.05, 0) is 59.5 Å². The maximum absolute atomic E-state index is 12.8. The molecule has 6 rings (SSSR count). The van der Waals surface area contributed by atoms with E-state index in [1.54, 1.807) is 26.4 Å². The summed E-state index contributed by atoms with van der Waals surface area (Å²) in [5.41, 5.74) is 3.66. The number of pyridine rings is 1. The topological polar surface area (TPSA) is 90.1 Å². The number of aromatic nitrogens is 1. The van der Waals surface area contributed by atoms with E-state index in [2.05, 4.69) is 22.1 Å². The van der Waals surface area contributed by atoms with E-state index in [4.69, 9.17) is 18.9 Å². The minimum absolute atomic E-state index is 0.0119. The fraction of sp³-hybridized carbons (Fsp3) is 0.214. The Morgan fingerprint density at radius 3 is 2.58 bits per heavy atom. The molecule has 1 aromatic heterocycles. The number of carbonyl (C=O) groups excluding carboxylic acids is 1. The second-order valence-corrected chi connectivity index (χ2v) is 8.86. The van der Waals surface area contributed by atoms with Crippen LogP contribution in [0.5, 0.6) is 28.7 Å². The molecule has 3 heterocycles. The molecular weight excluding hydrogens is 460 g/mol. The lowest BCUT2D eigenvalue weighted by Crippen LogP contribution is -2.45. The highest BCUT2D eigenvalue weighted by atomic mass is 16.7. The quantitative estimate of drug-likeness (QED) is 0.419. The Morgan fingerprint density at radius 1 is 1.06 bits per heavy atom. The van der Waals surface area contributed by atoms with E-state index in [1.165, 1.54) is 12.1 Å². The zero-order valence-corrected chi connectivity index (χ0v) is 19.9. The van der Waals surface area contributed by atoms with Crippen molar-refractivity contribution >= 4 is 16.7 Å². The average molecular weight is 486 g/mol. The number of hydrogen-bond donors (Lipinski definition) is 2. The van der Waals surface area contributed by atoms with Gasteiger partial charge in [-0.15, -0.1) is 0 Å². The molecule has 182 valence electrons. The van der Waals surface area contributed by atoms with Crippen molar-refractivity contribution in [1.82, 2.24) is 5.32 Å². The number of phenols is 1. The minimum Gasteiger partial charge on any atom is -0.508 e. The summed E-state index contributed by atoms with van der Waals surface area (Å²) in [6, 6.07) is 16.3. The second kappa shape index (κ2) is 8.64. The Hall–Kier alpha value is -4.46. The van der Waals surface area contributed by atoms with Gasteiger partial charge in [0, 0.05) is 18.2 Å². The number of methoxy groups -OCH3 is 2. The third-order valence-corrected chi connectivity index (χ3v) is 6.82. The molecule has 1 unspecified atom stereocenters. The van der Waals surface area contributed by atoms with Crippen LogP contribution in [0.15, 0.2) is 60.8 Å². The molecule has 8 nitrogen and oxygen atoms in total. The Labute approximate surface area is 207 Å². The summed E-state index contributed by atoms with van der Waals surface area (Å²) in [5.74, 6) is 2.68. The second-order valence-electron chi connectivity index (χ2n) is 8.86. The van der Waals surface area contributed by atoms with E-state index in [0.717, 1.165) is 27.6 Å². The highest BCUT2D eigenvalue weighted by Crippen LogP contribution is 2.44. The van der Waals surface area contributed by atoms with Gasteiger partial charge in [0.25, 0.3) is 5.91 Å². The highest BCUT2D eigenvalue weighted by Gasteiger charge is 2.34. The largest absolute Gasteiger partial charge is 0.508 e.